The molecule has 0 aromatic carbocycles. The molecule has 90 valence electrons. The van der Waals surface area contributed by atoms with Crippen molar-refractivity contribution in [2.45, 2.75) is 19.8 Å². The lowest BCUT2D eigenvalue weighted by atomic mass is 10.1. The van der Waals surface area contributed by atoms with Gasteiger partial charge in [0.1, 0.15) is 5.15 Å². The number of carboxylic acid groups (broad SMARTS) is 1. The first-order chi connectivity index (χ1) is 7.91. The van der Waals surface area contributed by atoms with Crippen molar-refractivity contribution < 1.29 is 9.90 Å². The Morgan fingerprint density at radius 3 is 2.88 bits per heavy atom. The van der Waals surface area contributed by atoms with E-state index in [0.717, 1.165) is 9.26 Å². The van der Waals surface area contributed by atoms with Crippen molar-refractivity contribution in [3.8, 4) is 0 Å². The molecule has 0 radical (unpaired) electrons. The summed E-state index contributed by atoms with van der Waals surface area (Å²) in [6, 6.07) is 1.54. The zero-order chi connectivity index (χ0) is 12.7. The second kappa shape index (κ2) is 4.41. The van der Waals surface area contributed by atoms with Crippen LogP contribution >= 0.6 is 34.2 Å². The standard InChI is InChI=1S/C10H9ClIN3O2/c1-4(10(16)17)6-3-7(11)15-9(13-6)8(12)5(2)14-15/h3-4H,1-2H3,(H,16,17). The van der Waals surface area contributed by atoms with Crippen LogP contribution in [0, 0.1) is 10.5 Å². The predicted molar refractivity (Wildman–Crippen MR) is 71.5 cm³/mol. The van der Waals surface area contributed by atoms with Crippen LogP contribution in [0.5, 0.6) is 0 Å². The molecule has 0 aliphatic rings. The second-order valence-corrected chi connectivity index (χ2v) is 5.16. The van der Waals surface area contributed by atoms with Gasteiger partial charge in [0.05, 0.1) is 20.9 Å². The number of carboxylic acids is 1. The Labute approximate surface area is 116 Å². The van der Waals surface area contributed by atoms with Gasteiger partial charge in [0.2, 0.25) is 0 Å². The Morgan fingerprint density at radius 1 is 1.65 bits per heavy atom. The maximum atomic E-state index is 10.9. The van der Waals surface area contributed by atoms with E-state index in [9.17, 15) is 4.79 Å². The molecule has 2 heterocycles. The maximum Gasteiger partial charge on any atom is 0.312 e. The van der Waals surface area contributed by atoms with Crippen LogP contribution in [-0.4, -0.2) is 25.7 Å². The lowest BCUT2D eigenvalue weighted by molar-refractivity contribution is -0.138. The first-order valence-corrected chi connectivity index (χ1v) is 6.31. The maximum absolute atomic E-state index is 10.9. The SMILES string of the molecule is Cc1nn2c(Cl)cc(C(C)C(=O)O)nc2c1I. The number of fused-ring (bicyclic) bond motifs is 1. The fourth-order valence-corrected chi connectivity index (χ4v) is 2.11. The number of hydrogen-bond acceptors (Lipinski definition) is 3. The van der Waals surface area contributed by atoms with Crippen molar-refractivity contribution in [1.82, 2.24) is 14.6 Å². The molecule has 0 fully saturated rings. The Bertz CT molecular complexity index is 611. The summed E-state index contributed by atoms with van der Waals surface area (Å²) in [5, 5.41) is 13.6. The molecule has 0 saturated heterocycles. The molecular formula is C10H9ClIN3O2. The number of aryl methyl sites for hydroxylation is 1. The first kappa shape index (κ1) is 12.6. The topological polar surface area (TPSA) is 67.5 Å². The van der Waals surface area contributed by atoms with Crippen LogP contribution in [0.3, 0.4) is 0 Å². The lowest BCUT2D eigenvalue weighted by Gasteiger charge is -2.07. The summed E-state index contributed by atoms with van der Waals surface area (Å²) in [4.78, 5) is 15.2. The zero-order valence-electron chi connectivity index (χ0n) is 9.11. The lowest BCUT2D eigenvalue weighted by Crippen LogP contribution is -2.10. The summed E-state index contributed by atoms with van der Waals surface area (Å²) in [6.07, 6.45) is 0. The minimum Gasteiger partial charge on any atom is -0.481 e. The van der Waals surface area contributed by atoms with Gasteiger partial charge in [-0.3, -0.25) is 4.79 Å². The van der Waals surface area contributed by atoms with E-state index in [2.05, 4.69) is 32.7 Å². The Balaban J connectivity index is 2.69. The van der Waals surface area contributed by atoms with Crippen molar-refractivity contribution in [3.63, 3.8) is 0 Å². The second-order valence-electron chi connectivity index (χ2n) is 3.70. The highest BCUT2D eigenvalue weighted by molar-refractivity contribution is 14.1. The van der Waals surface area contributed by atoms with E-state index in [1.165, 1.54) is 10.6 Å². The van der Waals surface area contributed by atoms with Crippen LogP contribution in [0.4, 0.5) is 0 Å². The number of hydrogen-bond donors (Lipinski definition) is 1. The Morgan fingerprint density at radius 2 is 2.29 bits per heavy atom. The minimum atomic E-state index is -0.927. The molecule has 2 aromatic heterocycles. The molecule has 0 aliphatic heterocycles. The molecule has 1 unspecified atom stereocenters. The molecule has 5 nitrogen and oxygen atoms in total. The fraction of sp³-hybridized carbons (Fsp3) is 0.300. The van der Waals surface area contributed by atoms with Crippen molar-refractivity contribution in [2.75, 3.05) is 0 Å². The molecule has 2 aromatic rings. The molecule has 0 aliphatic carbocycles. The van der Waals surface area contributed by atoms with Gasteiger partial charge in [-0.05, 0) is 42.5 Å². The van der Waals surface area contributed by atoms with Crippen LogP contribution in [-0.2, 0) is 4.79 Å². The summed E-state index contributed by atoms with van der Waals surface area (Å²) < 4.78 is 2.39. The first-order valence-electron chi connectivity index (χ1n) is 4.86. The summed E-state index contributed by atoms with van der Waals surface area (Å²) in [5.74, 6) is -1.62. The molecule has 7 heteroatoms. The highest BCUT2D eigenvalue weighted by Crippen LogP contribution is 2.23. The third-order valence-corrected chi connectivity index (χ3v) is 4.02. The normalized spacial score (nSPS) is 12.9. The third kappa shape index (κ3) is 2.11. The summed E-state index contributed by atoms with van der Waals surface area (Å²) in [5.41, 5.74) is 1.85. The number of halogens is 2. The number of carbonyl (C=O) groups is 1. The molecule has 0 saturated carbocycles. The van der Waals surface area contributed by atoms with E-state index in [4.69, 9.17) is 16.7 Å². The van der Waals surface area contributed by atoms with Gasteiger partial charge in [-0.2, -0.15) is 5.10 Å². The average molecular weight is 366 g/mol. The van der Waals surface area contributed by atoms with Gasteiger partial charge < -0.3 is 5.11 Å². The molecule has 0 spiro atoms. The van der Waals surface area contributed by atoms with Gasteiger partial charge in [0.15, 0.2) is 5.65 Å². The Kier molecular flexibility index (Phi) is 3.26. The largest absolute Gasteiger partial charge is 0.481 e. The molecule has 17 heavy (non-hydrogen) atoms. The average Bonchev–Trinajstić information content (AvgIpc) is 2.55. The number of rotatable bonds is 2. The zero-order valence-corrected chi connectivity index (χ0v) is 12.0. The minimum absolute atomic E-state index is 0.365. The monoisotopic (exact) mass is 365 g/mol. The van der Waals surface area contributed by atoms with Gasteiger partial charge in [0.25, 0.3) is 0 Å². The molecule has 0 amide bonds. The predicted octanol–water partition coefficient (Wildman–Crippen LogP) is 2.48. The van der Waals surface area contributed by atoms with E-state index in [-0.39, 0.29) is 0 Å². The summed E-state index contributed by atoms with van der Waals surface area (Å²) in [6.45, 7) is 3.43. The van der Waals surface area contributed by atoms with Crippen LogP contribution < -0.4 is 0 Å². The van der Waals surface area contributed by atoms with Crippen LogP contribution in [0.15, 0.2) is 6.07 Å². The van der Waals surface area contributed by atoms with E-state index < -0.39 is 11.9 Å². The number of aromatic nitrogens is 3. The van der Waals surface area contributed by atoms with Gasteiger partial charge in [0, 0.05) is 0 Å². The smallest absolute Gasteiger partial charge is 0.312 e. The van der Waals surface area contributed by atoms with E-state index in [1.54, 1.807) is 6.92 Å². The van der Waals surface area contributed by atoms with Crippen molar-refractivity contribution >= 4 is 45.8 Å². The van der Waals surface area contributed by atoms with Crippen LogP contribution in [0.2, 0.25) is 5.15 Å². The van der Waals surface area contributed by atoms with Gasteiger partial charge in [-0.15, -0.1) is 0 Å². The van der Waals surface area contributed by atoms with Crippen molar-refractivity contribution in [3.05, 3.63) is 26.2 Å². The van der Waals surface area contributed by atoms with Gasteiger partial charge >= 0.3 is 5.97 Å². The molecular weight excluding hydrogens is 356 g/mol. The van der Waals surface area contributed by atoms with E-state index in [1.807, 2.05) is 6.92 Å². The molecule has 2 rings (SSSR count). The summed E-state index contributed by atoms with van der Waals surface area (Å²) in [7, 11) is 0. The van der Waals surface area contributed by atoms with Crippen LogP contribution in [0.1, 0.15) is 24.2 Å². The highest BCUT2D eigenvalue weighted by atomic mass is 127. The number of aliphatic carboxylic acids is 1. The molecule has 1 N–H and O–H groups in total. The third-order valence-electron chi connectivity index (χ3n) is 2.48. The van der Waals surface area contributed by atoms with Crippen LogP contribution in [0.25, 0.3) is 5.65 Å². The Hall–Kier alpha value is -0.890. The number of nitrogens with zero attached hydrogens (tertiary/aromatic N) is 3. The van der Waals surface area contributed by atoms with Gasteiger partial charge in [-0.25, -0.2) is 9.50 Å². The summed E-state index contributed by atoms with van der Waals surface area (Å²) >= 11 is 8.18. The highest BCUT2D eigenvalue weighted by Gasteiger charge is 2.19. The van der Waals surface area contributed by atoms with Crippen molar-refractivity contribution in [1.29, 1.82) is 0 Å². The fourth-order valence-electron chi connectivity index (χ4n) is 1.43. The molecule has 0 bridgehead atoms. The quantitative estimate of drug-likeness (QED) is 0.656. The van der Waals surface area contributed by atoms with Crippen molar-refractivity contribution in [2.24, 2.45) is 0 Å². The van der Waals surface area contributed by atoms with E-state index >= 15 is 0 Å². The van der Waals surface area contributed by atoms with Gasteiger partial charge in [-0.1, -0.05) is 11.6 Å². The van der Waals surface area contributed by atoms with E-state index in [0.29, 0.717) is 16.5 Å². The molecule has 1 atom stereocenters.